The van der Waals surface area contributed by atoms with Crippen molar-refractivity contribution < 1.29 is 19.1 Å². The van der Waals surface area contributed by atoms with Crippen LogP contribution in [0.1, 0.15) is 15.9 Å². The van der Waals surface area contributed by atoms with E-state index in [1.165, 1.54) is 11.8 Å². The van der Waals surface area contributed by atoms with E-state index in [1.807, 2.05) is 36.4 Å². The van der Waals surface area contributed by atoms with Gasteiger partial charge in [0.05, 0.1) is 24.3 Å². The fourth-order valence-electron chi connectivity index (χ4n) is 2.76. The number of likely N-dealkylation sites (N-methyl/N-ethyl adjacent to an activating group) is 1. The first-order valence-corrected chi connectivity index (χ1v) is 9.58. The number of nitrogens with one attached hydrogen (secondary N) is 1. The van der Waals surface area contributed by atoms with E-state index in [0.29, 0.717) is 23.6 Å². The lowest BCUT2D eigenvalue weighted by Crippen LogP contribution is -2.31. The van der Waals surface area contributed by atoms with Gasteiger partial charge in [-0.15, -0.1) is 0 Å². The Morgan fingerprint density at radius 1 is 1.18 bits per heavy atom. The molecule has 0 spiro atoms. The lowest BCUT2D eigenvalue weighted by molar-refractivity contribution is -0.114. The van der Waals surface area contributed by atoms with Crippen molar-refractivity contribution in [2.75, 3.05) is 39.3 Å². The topological polar surface area (TPSA) is 67.9 Å². The average molecular weight is 398 g/mol. The Labute approximate surface area is 168 Å². The van der Waals surface area contributed by atoms with E-state index in [2.05, 4.69) is 5.32 Å². The molecule has 0 aliphatic carbocycles. The second-order valence-electron chi connectivity index (χ2n) is 6.18. The molecule has 0 saturated heterocycles. The number of carbonyl (C=O) groups is 2. The van der Waals surface area contributed by atoms with Gasteiger partial charge in [-0.1, -0.05) is 23.9 Å². The van der Waals surface area contributed by atoms with Crippen LogP contribution in [0.3, 0.4) is 0 Å². The molecule has 146 valence electrons. The molecule has 1 aliphatic rings. The molecule has 0 atom stereocenters. The van der Waals surface area contributed by atoms with Crippen LogP contribution in [0.5, 0.6) is 5.75 Å². The number of hydrogen-bond acceptors (Lipinski definition) is 5. The van der Waals surface area contributed by atoms with Crippen molar-refractivity contribution in [3.8, 4) is 5.75 Å². The Kier molecular flexibility index (Phi) is 6.38. The molecule has 2 aromatic rings. The minimum atomic E-state index is -0.190. The molecular formula is C21H22N2O4S. The summed E-state index contributed by atoms with van der Waals surface area (Å²) in [5.41, 5.74) is 2.15. The summed E-state index contributed by atoms with van der Waals surface area (Å²) >= 11 is 1.40. The van der Waals surface area contributed by atoms with E-state index < -0.39 is 0 Å². The summed E-state index contributed by atoms with van der Waals surface area (Å²) in [6.07, 6.45) is 1.86. The molecule has 2 aromatic carbocycles. The summed E-state index contributed by atoms with van der Waals surface area (Å²) in [7, 11) is 4.92. The normalized spacial score (nSPS) is 14.8. The van der Waals surface area contributed by atoms with Gasteiger partial charge in [-0.25, -0.2) is 0 Å². The SMILES string of the molecule is COCCNC(=O)c1ccc2c(c1)N(C)C(=O)/C(=C/c1ccc(OC)cc1)S2. The van der Waals surface area contributed by atoms with Crippen molar-refractivity contribution in [1.82, 2.24) is 5.32 Å². The number of thioether (sulfide) groups is 1. The summed E-state index contributed by atoms with van der Waals surface area (Å²) in [4.78, 5) is 28.2. The maximum absolute atomic E-state index is 12.8. The molecule has 0 unspecified atom stereocenters. The molecule has 6 nitrogen and oxygen atoms in total. The second-order valence-corrected chi connectivity index (χ2v) is 7.26. The highest BCUT2D eigenvalue weighted by Crippen LogP contribution is 2.42. The third kappa shape index (κ3) is 4.37. The summed E-state index contributed by atoms with van der Waals surface area (Å²) in [5.74, 6) is 0.471. The highest BCUT2D eigenvalue weighted by atomic mass is 32.2. The Hall–Kier alpha value is -2.77. The smallest absolute Gasteiger partial charge is 0.264 e. The van der Waals surface area contributed by atoms with Gasteiger partial charge in [0.15, 0.2) is 0 Å². The number of rotatable bonds is 6. The highest BCUT2D eigenvalue weighted by molar-refractivity contribution is 8.04. The van der Waals surface area contributed by atoms with Gasteiger partial charge in [-0.2, -0.15) is 0 Å². The van der Waals surface area contributed by atoms with Crippen LogP contribution in [-0.2, 0) is 9.53 Å². The van der Waals surface area contributed by atoms with Crippen LogP contribution in [-0.4, -0.2) is 46.2 Å². The lowest BCUT2D eigenvalue weighted by atomic mass is 10.1. The van der Waals surface area contributed by atoms with Crippen LogP contribution in [0, 0.1) is 0 Å². The number of anilines is 1. The van der Waals surface area contributed by atoms with E-state index in [4.69, 9.17) is 9.47 Å². The van der Waals surface area contributed by atoms with Crippen molar-refractivity contribution in [2.45, 2.75) is 4.90 Å². The van der Waals surface area contributed by atoms with Crippen LogP contribution in [0.25, 0.3) is 6.08 Å². The number of nitrogens with zero attached hydrogens (tertiary/aromatic N) is 1. The number of ether oxygens (including phenoxy) is 2. The van der Waals surface area contributed by atoms with Gasteiger partial charge in [0, 0.05) is 31.2 Å². The average Bonchev–Trinajstić information content (AvgIpc) is 2.72. The molecule has 1 N–H and O–H groups in total. The number of fused-ring (bicyclic) bond motifs is 1. The Morgan fingerprint density at radius 2 is 1.93 bits per heavy atom. The zero-order chi connectivity index (χ0) is 20.1. The maximum atomic E-state index is 12.8. The van der Waals surface area contributed by atoms with Crippen molar-refractivity contribution >= 4 is 35.3 Å². The summed E-state index contributed by atoms with van der Waals surface area (Å²) in [6.45, 7) is 0.884. The van der Waals surface area contributed by atoms with Gasteiger partial charge >= 0.3 is 0 Å². The maximum Gasteiger partial charge on any atom is 0.264 e. The van der Waals surface area contributed by atoms with Crippen molar-refractivity contribution in [3.05, 3.63) is 58.5 Å². The van der Waals surface area contributed by atoms with Gasteiger partial charge in [0.25, 0.3) is 11.8 Å². The third-order valence-electron chi connectivity index (χ3n) is 4.32. The Morgan fingerprint density at radius 3 is 2.61 bits per heavy atom. The zero-order valence-electron chi connectivity index (χ0n) is 16.0. The molecule has 0 radical (unpaired) electrons. The predicted octanol–water partition coefficient (Wildman–Crippen LogP) is 3.18. The predicted molar refractivity (Wildman–Crippen MR) is 111 cm³/mol. The molecule has 1 heterocycles. The largest absolute Gasteiger partial charge is 0.497 e. The number of methoxy groups -OCH3 is 2. The number of benzene rings is 2. The molecule has 7 heteroatoms. The zero-order valence-corrected chi connectivity index (χ0v) is 16.8. The van der Waals surface area contributed by atoms with Gasteiger partial charge in [0.1, 0.15) is 5.75 Å². The minimum Gasteiger partial charge on any atom is -0.497 e. The van der Waals surface area contributed by atoms with Crippen LogP contribution in [0.4, 0.5) is 5.69 Å². The molecule has 0 fully saturated rings. The fourth-order valence-corrected chi connectivity index (χ4v) is 3.85. The van der Waals surface area contributed by atoms with Crippen LogP contribution < -0.4 is 15.0 Å². The number of amides is 2. The van der Waals surface area contributed by atoms with Gasteiger partial charge in [-0.05, 0) is 42.0 Å². The van der Waals surface area contributed by atoms with E-state index in [-0.39, 0.29) is 11.8 Å². The number of carbonyl (C=O) groups excluding carboxylic acids is 2. The molecule has 2 amide bonds. The Balaban J connectivity index is 1.83. The molecule has 0 saturated carbocycles. The monoisotopic (exact) mass is 398 g/mol. The van der Waals surface area contributed by atoms with Gasteiger partial charge in [0.2, 0.25) is 0 Å². The van der Waals surface area contributed by atoms with Gasteiger partial charge < -0.3 is 19.7 Å². The van der Waals surface area contributed by atoms with Crippen LogP contribution >= 0.6 is 11.8 Å². The van der Waals surface area contributed by atoms with Crippen molar-refractivity contribution in [3.63, 3.8) is 0 Å². The summed E-state index contributed by atoms with van der Waals surface area (Å²) in [6, 6.07) is 12.9. The standard InChI is InChI=1S/C21H22N2O4S/c1-23-17-13-15(20(24)22-10-11-26-2)6-9-18(17)28-19(21(23)25)12-14-4-7-16(27-3)8-5-14/h4-9,12-13H,10-11H2,1-3H3,(H,22,24)/b19-12-. The fraction of sp³-hybridized carbons (Fsp3) is 0.238. The number of hydrogen-bond donors (Lipinski definition) is 1. The first-order chi connectivity index (χ1) is 13.5. The van der Waals surface area contributed by atoms with Crippen LogP contribution in [0.2, 0.25) is 0 Å². The molecule has 3 rings (SSSR count). The molecule has 0 bridgehead atoms. The van der Waals surface area contributed by atoms with E-state index in [0.717, 1.165) is 21.9 Å². The summed E-state index contributed by atoms with van der Waals surface area (Å²) in [5, 5.41) is 2.79. The minimum absolute atomic E-state index is 0.106. The van der Waals surface area contributed by atoms with Crippen molar-refractivity contribution in [1.29, 1.82) is 0 Å². The first kappa shape index (κ1) is 20.0. The van der Waals surface area contributed by atoms with Gasteiger partial charge in [-0.3, -0.25) is 9.59 Å². The van der Waals surface area contributed by atoms with Crippen molar-refractivity contribution in [2.24, 2.45) is 0 Å². The second kappa shape index (κ2) is 8.95. The molecule has 1 aliphatic heterocycles. The molecular weight excluding hydrogens is 376 g/mol. The quantitative estimate of drug-likeness (QED) is 0.598. The molecule has 28 heavy (non-hydrogen) atoms. The third-order valence-corrected chi connectivity index (χ3v) is 5.40. The highest BCUT2D eigenvalue weighted by Gasteiger charge is 2.27. The molecule has 0 aromatic heterocycles. The first-order valence-electron chi connectivity index (χ1n) is 8.76. The van der Waals surface area contributed by atoms with Crippen LogP contribution in [0.15, 0.2) is 52.3 Å². The van der Waals surface area contributed by atoms with E-state index in [9.17, 15) is 9.59 Å². The Bertz CT molecular complexity index is 909. The summed E-state index contributed by atoms with van der Waals surface area (Å²) < 4.78 is 10.1. The lowest BCUT2D eigenvalue weighted by Gasteiger charge is -2.27. The van der Waals surface area contributed by atoms with E-state index >= 15 is 0 Å². The van der Waals surface area contributed by atoms with E-state index in [1.54, 1.807) is 38.3 Å².